The number of hydrogen-bond donors (Lipinski definition) is 2. The van der Waals surface area contributed by atoms with Gasteiger partial charge in [-0.1, -0.05) is 12.1 Å². The van der Waals surface area contributed by atoms with E-state index in [1.165, 1.54) is 6.42 Å². The van der Waals surface area contributed by atoms with Gasteiger partial charge in [0, 0.05) is 20.0 Å². The summed E-state index contributed by atoms with van der Waals surface area (Å²) in [5.41, 5.74) is 0.974. The highest BCUT2D eigenvalue weighted by Crippen LogP contribution is 2.36. The highest BCUT2D eigenvalue weighted by Gasteiger charge is 2.38. The lowest BCUT2D eigenvalue weighted by molar-refractivity contribution is -0.141. The Hall–Kier alpha value is -2.08. The highest BCUT2D eigenvalue weighted by atomic mass is 16.5. The minimum atomic E-state index is -0.227. The molecule has 2 aliphatic rings. The van der Waals surface area contributed by atoms with Crippen LogP contribution in [0.3, 0.4) is 0 Å². The molecule has 2 fully saturated rings. The number of piperidine rings is 1. The van der Waals surface area contributed by atoms with Gasteiger partial charge in [-0.2, -0.15) is 0 Å². The van der Waals surface area contributed by atoms with E-state index in [0.29, 0.717) is 25.3 Å². The summed E-state index contributed by atoms with van der Waals surface area (Å²) in [5.74, 6) is 1.35. The summed E-state index contributed by atoms with van der Waals surface area (Å²) in [6.07, 6.45) is 3.21. The van der Waals surface area contributed by atoms with Gasteiger partial charge in [-0.15, -0.1) is 0 Å². The Labute approximate surface area is 155 Å². The third kappa shape index (κ3) is 4.18. The Bertz CT molecular complexity index is 626. The molecule has 0 radical (unpaired) electrons. The molecule has 0 spiro atoms. The summed E-state index contributed by atoms with van der Waals surface area (Å²) in [6, 6.07) is 7.43. The van der Waals surface area contributed by atoms with Gasteiger partial charge in [0.2, 0.25) is 11.8 Å². The topological polar surface area (TPSA) is 70.7 Å². The first kappa shape index (κ1) is 18.7. The molecule has 1 aromatic rings. The molecule has 0 aliphatic carbocycles. The first-order valence-electron chi connectivity index (χ1n) is 9.48. The number of benzene rings is 1. The summed E-state index contributed by atoms with van der Waals surface area (Å²) in [5, 5.41) is 6.46. The van der Waals surface area contributed by atoms with Crippen molar-refractivity contribution in [3.05, 3.63) is 29.8 Å². The number of ether oxygens (including phenoxy) is 1. The summed E-state index contributed by atoms with van der Waals surface area (Å²) in [4.78, 5) is 26.8. The van der Waals surface area contributed by atoms with Gasteiger partial charge in [-0.05, 0) is 56.0 Å². The van der Waals surface area contributed by atoms with Gasteiger partial charge in [0.15, 0.2) is 0 Å². The summed E-state index contributed by atoms with van der Waals surface area (Å²) in [6.45, 7) is 2.83. The number of amides is 2. The Kier molecular flexibility index (Phi) is 6.14. The second-order valence-electron chi connectivity index (χ2n) is 7.31. The minimum absolute atomic E-state index is 0.0520. The number of nitrogens with zero attached hydrogens (tertiary/aromatic N) is 1. The Morgan fingerprint density at radius 3 is 2.73 bits per heavy atom. The van der Waals surface area contributed by atoms with Crippen LogP contribution in [-0.2, 0) is 9.59 Å². The van der Waals surface area contributed by atoms with Crippen molar-refractivity contribution in [1.29, 1.82) is 0 Å². The van der Waals surface area contributed by atoms with Crippen molar-refractivity contribution in [2.24, 2.45) is 11.8 Å². The number of nitrogens with one attached hydrogen (secondary N) is 2. The van der Waals surface area contributed by atoms with Gasteiger partial charge in [-0.3, -0.25) is 9.59 Å². The Balaban J connectivity index is 1.67. The molecule has 6 heteroatoms. The average Bonchev–Trinajstić information content (AvgIpc) is 3.17. The zero-order valence-electron chi connectivity index (χ0n) is 15.7. The van der Waals surface area contributed by atoms with Gasteiger partial charge in [-0.25, -0.2) is 0 Å². The molecular formula is C20H29N3O3. The third-order valence-electron chi connectivity index (χ3n) is 5.67. The van der Waals surface area contributed by atoms with Crippen molar-refractivity contribution in [3.63, 3.8) is 0 Å². The largest absolute Gasteiger partial charge is 0.497 e. The predicted octanol–water partition coefficient (Wildman–Crippen LogP) is 1.72. The molecule has 1 aromatic carbocycles. The number of methoxy groups -OCH3 is 1. The zero-order valence-corrected chi connectivity index (χ0v) is 15.7. The highest BCUT2D eigenvalue weighted by molar-refractivity contribution is 5.84. The maximum absolute atomic E-state index is 12.8. The fourth-order valence-electron chi connectivity index (χ4n) is 4.06. The summed E-state index contributed by atoms with van der Waals surface area (Å²) in [7, 11) is 3.42. The molecule has 0 aromatic heterocycles. The van der Waals surface area contributed by atoms with Crippen LogP contribution in [0, 0.1) is 11.8 Å². The number of rotatable bonds is 6. The SMILES string of the molecule is COc1ccc(C2C(C(=O)NCCC3CCNC3)CCC(=O)N2C)cc1. The molecule has 2 heterocycles. The van der Waals surface area contributed by atoms with Crippen LogP contribution in [0.5, 0.6) is 5.75 Å². The van der Waals surface area contributed by atoms with Crippen LogP contribution in [0.15, 0.2) is 24.3 Å². The lowest BCUT2D eigenvalue weighted by Gasteiger charge is -2.38. The second kappa shape index (κ2) is 8.54. The van der Waals surface area contributed by atoms with E-state index < -0.39 is 0 Å². The molecule has 26 heavy (non-hydrogen) atoms. The molecular weight excluding hydrogens is 330 g/mol. The molecule has 0 bridgehead atoms. The first-order valence-corrected chi connectivity index (χ1v) is 9.48. The molecule has 3 rings (SSSR count). The van der Waals surface area contributed by atoms with E-state index in [1.807, 2.05) is 24.3 Å². The normalized spacial score (nSPS) is 26.0. The van der Waals surface area contributed by atoms with E-state index in [4.69, 9.17) is 4.74 Å². The maximum atomic E-state index is 12.8. The Morgan fingerprint density at radius 1 is 1.31 bits per heavy atom. The molecule has 2 amide bonds. The van der Waals surface area contributed by atoms with Crippen LogP contribution in [-0.4, -0.2) is 50.5 Å². The Morgan fingerprint density at radius 2 is 2.08 bits per heavy atom. The summed E-state index contributed by atoms with van der Waals surface area (Å²) < 4.78 is 5.22. The van der Waals surface area contributed by atoms with Crippen LogP contribution in [0.4, 0.5) is 0 Å². The maximum Gasteiger partial charge on any atom is 0.225 e. The average molecular weight is 359 g/mol. The van der Waals surface area contributed by atoms with E-state index >= 15 is 0 Å². The molecule has 2 aliphatic heterocycles. The van der Waals surface area contributed by atoms with E-state index in [9.17, 15) is 9.59 Å². The van der Waals surface area contributed by atoms with Crippen LogP contribution in [0.1, 0.15) is 37.3 Å². The monoisotopic (exact) mass is 359 g/mol. The van der Waals surface area contributed by atoms with E-state index in [0.717, 1.165) is 30.8 Å². The molecule has 6 nitrogen and oxygen atoms in total. The van der Waals surface area contributed by atoms with Crippen LogP contribution >= 0.6 is 0 Å². The quantitative estimate of drug-likeness (QED) is 0.811. The molecule has 2 N–H and O–H groups in total. The second-order valence-corrected chi connectivity index (χ2v) is 7.31. The lowest BCUT2D eigenvalue weighted by atomic mass is 9.84. The number of carbonyl (C=O) groups is 2. The van der Waals surface area contributed by atoms with Crippen molar-refractivity contribution < 1.29 is 14.3 Å². The fraction of sp³-hybridized carbons (Fsp3) is 0.600. The smallest absolute Gasteiger partial charge is 0.225 e. The lowest BCUT2D eigenvalue weighted by Crippen LogP contribution is -2.46. The van der Waals surface area contributed by atoms with Crippen molar-refractivity contribution in [2.75, 3.05) is 33.8 Å². The first-order chi connectivity index (χ1) is 12.6. The van der Waals surface area contributed by atoms with Gasteiger partial charge in [0.1, 0.15) is 5.75 Å². The van der Waals surface area contributed by atoms with Crippen molar-refractivity contribution in [2.45, 2.75) is 31.7 Å². The van der Waals surface area contributed by atoms with Crippen LogP contribution < -0.4 is 15.4 Å². The fourth-order valence-corrected chi connectivity index (χ4v) is 4.06. The molecule has 3 unspecified atom stereocenters. The van der Waals surface area contributed by atoms with E-state index in [2.05, 4.69) is 10.6 Å². The molecule has 2 saturated heterocycles. The van der Waals surface area contributed by atoms with E-state index in [1.54, 1.807) is 19.1 Å². The van der Waals surface area contributed by atoms with Crippen molar-refractivity contribution in [3.8, 4) is 5.75 Å². The van der Waals surface area contributed by atoms with Gasteiger partial charge in [0.25, 0.3) is 0 Å². The van der Waals surface area contributed by atoms with Crippen molar-refractivity contribution in [1.82, 2.24) is 15.5 Å². The third-order valence-corrected chi connectivity index (χ3v) is 5.67. The summed E-state index contributed by atoms with van der Waals surface area (Å²) >= 11 is 0. The molecule has 3 atom stereocenters. The van der Waals surface area contributed by atoms with Gasteiger partial charge >= 0.3 is 0 Å². The van der Waals surface area contributed by atoms with Gasteiger partial charge < -0.3 is 20.3 Å². The zero-order chi connectivity index (χ0) is 18.5. The number of likely N-dealkylation sites (tertiary alicyclic amines) is 1. The molecule has 0 saturated carbocycles. The van der Waals surface area contributed by atoms with E-state index in [-0.39, 0.29) is 23.8 Å². The van der Waals surface area contributed by atoms with Gasteiger partial charge in [0.05, 0.1) is 19.1 Å². The van der Waals surface area contributed by atoms with Crippen molar-refractivity contribution >= 4 is 11.8 Å². The van der Waals surface area contributed by atoms with Crippen LogP contribution in [0.2, 0.25) is 0 Å². The number of carbonyl (C=O) groups excluding carboxylic acids is 2. The molecule has 142 valence electrons. The standard InChI is InChI=1S/C20H29N3O3/c1-23-18(24)8-7-17(19(23)15-3-5-16(26-2)6-4-15)20(25)22-12-10-14-9-11-21-13-14/h3-6,14,17,19,21H,7-13H2,1-2H3,(H,22,25). The number of hydrogen-bond acceptors (Lipinski definition) is 4. The minimum Gasteiger partial charge on any atom is -0.497 e. The predicted molar refractivity (Wildman–Crippen MR) is 99.8 cm³/mol. The van der Waals surface area contributed by atoms with Crippen LogP contribution in [0.25, 0.3) is 0 Å².